The fourth-order valence-electron chi connectivity index (χ4n) is 6.88. The van der Waals surface area contributed by atoms with Crippen molar-refractivity contribution >= 4 is 13.7 Å². The Morgan fingerprint density at radius 2 is 0.935 bits per heavy atom. The summed E-state index contributed by atoms with van der Waals surface area (Å²) in [4.78, 5) is 25.4. The van der Waals surface area contributed by atoms with Crippen LogP contribution in [-0.4, -0.2) is 68.5 Å². The summed E-state index contributed by atoms with van der Waals surface area (Å²) < 4.78 is 23.2. The predicted octanol–water partition coefficient (Wildman–Crippen LogP) is 14.1. The molecule has 9 heteroatoms. The molecule has 1 amide bonds. The number of allylic oxidation sites excluding steroid dienone is 11. The second-order valence-electron chi connectivity index (χ2n) is 18.2. The summed E-state index contributed by atoms with van der Waals surface area (Å²) in [6.07, 6.45) is 59.5. The van der Waals surface area contributed by atoms with Crippen LogP contribution in [0.15, 0.2) is 72.9 Å². The molecule has 0 aromatic rings. The molecule has 0 aliphatic carbocycles. The van der Waals surface area contributed by atoms with E-state index in [0.717, 1.165) is 77.0 Å². The zero-order chi connectivity index (χ0) is 45.7. The lowest BCUT2D eigenvalue weighted by Gasteiger charge is -2.29. The smallest absolute Gasteiger partial charge is 0.268 e. The standard InChI is InChI=1S/C53H97N2O6P/c1-6-8-10-12-14-16-18-20-21-22-23-24-25-26-27-28-29-30-31-32-33-35-37-39-41-43-45-47-53(57)54-51(50-61-62(58,59)60-49-48-55(3,4)5)52(56)46-44-42-40-38-36-34-19-17-15-13-11-9-7-2/h14,16,20-21,23-24,26-27,29-30,44,46,51-52,56H,6-13,15,17-19,22,25,28,31-43,45,47-50H2,1-5H3,(H-,54,57,58,59)/b16-14-,21-20-,24-23-,27-26-,30-29-,46-44+. The van der Waals surface area contributed by atoms with Crippen LogP contribution < -0.4 is 10.2 Å². The molecule has 62 heavy (non-hydrogen) atoms. The summed E-state index contributed by atoms with van der Waals surface area (Å²) in [7, 11) is 1.24. The Labute approximate surface area is 383 Å². The molecule has 0 saturated heterocycles. The number of rotatable bonds is 45. The number of hydrogen-bond donors (Lipinski definition) is 2. The topological polar surface area (TPSA) is 108 Å². The van der Waals surface area contributed by atoms with Gasteiger partial charge in [-0.25, -0.2) is 0 Å². The van der Waals surface area contributed by atoms with Crippen LogP contribution in [0.3, 0.4) is 0 Å². The summed E-state index contributed by atoms with van der Waals surface area (Å²) in [5.74, 6) is -0.209. The van der Waals surface area contributed by atoms with Crippen molar-refractivity contribution in [3.63, 3.8) is 0 Å². The monoisotopic (exact) mass is 889 g/mol. The van der Waals surface area contributed by atoms with E-state index >= 15 is 0 Å². The number of unbranched alkanes of at least 4 members (excludes halogenated alkanes) is 22. The minimum atomic E-state index is -4.60. The molecule has 2 N–H and O–H groups in total. The van der Waals surface area contributed by atoms with E-state index in [4.69, 9.17) is 9.05 Å². The average molecular weight is 889 g/mol. The van der Waals surface area contributed by atoms with Gasteiger partial charge in [0.2, 0.25) is 5.91 Å². The molecule has 0 aliphatic heterocycles. The zero-order valence-corrected chi connectivity index (χ0v) is 41.7. The first-order valence-electron chi connectivity index (χ1n) is 25.3. The molecule has 360 valence electrons. The van der Waals surface area contributed by atoms with Crippen molar-refractivity contribution in [3.05, 3.63) is 72.9 Å². The number of phosphoric acid groups is 1. The molecule has 0 saturated carbocycles. The highest BCUT2D eigenvalue weighted by molar-refractivity contribution is 7.45. The van der Waals surface area contributed by atoms with Crippen molar-refractivity contribution in [1.29, 1.82) is 0 Å². The van der Waals surface area contributed by atoms with E-state index in [9.17, 15) is 19.4 Å². The normalized spacial score (nSPS) is 14.8. The quantitative estimate of drug-likeness (QED) is 0.0273. The van der Waals surface area contributed by atoms with Crippen LogP contribution in [-0.2, 0) is 18.4 Å². The lowest BCUT2D eigenvalue weighted by molar-refractivity contribution is -0.870. The van der Waals surface area contributed by atoms with E-state index in [1.54, 1.807) is 6.08 Å². The second kappa shape index (κ2) is 44.2. The molecule has 8 nitrogen and oxygen atoms in total. The molecule has 0 aromatic heterocycles. The number of nitrogens with zero attached hydrogens (tertiary/aromatic N) is 1. The van der Waals surface area contributed by atoms with E-state index in [2.05, 4.69) is 79.9 Å². The number of carbonyl (C=O) groups excluding carboxylic acids is 1. The number of carbonyl (C=O) groups is 1. The molecule has 0 bridgehead atoms. The van der Waals surface area contributed by atoms with E-state index in [-0.39, 0.29) is 19.1 Å². The van der Waals surface area contributed by atoms with Gasteiger partial charge in [-0.2, -0.15) is 0 Å². The van der Waals surface area contributed by atoms with Crippen molar-refractivity contribution in [2.75, 3.05) is 40.9 Å². The summed E-state index contributed by atoms with van der Waals surface area (Å²) in [6.45, 7) is 4.60. The Bertz CT molecular complexity index is 1240. The highest BCUT2D eigenvalue weighted by Crippen LogP contribution is 2.38. The SMILES string of the molecule is CCCCC/C=C\C/C=C\C/C=C\C/C=C\C/C=C\CCCCCCCCCCC(=O)NC(COP(=O)([O-])OCC[N+](C)(C)C)C(O)/C=C/CCCCCCCCCCCCC. The maximum Gasteiger partial charge on any atom is 0.268 e. The van der Waals surface area contributed by atoms with Crippen LogP contribution in [0.25, 0.3) is 0 Å². The van der Waals surface area contributed by atoms with Crippen LogP contribution in [0.4, 0.5) is 0 Å². The maximum absolute atomic E-state index is 12.9. The Balaban J connectivity index is 4.28. The van der Waals surface area contributed by atoms with Gasteiger partial charge in [-0.3, -0.25) is 9.36 Å². The molecule has 0 spiro atoms. The molecule has 0 aliphatic rings. The van der Waals surface area contributed by atoms with E-state index in [1.165, 1.54) is 109 Å². The number of aliphatic hydroxyl groups excluding tert-OH is 1. The summed E-state index contributed by atoms with van der Waals surface area (Å²) in [5, 5.41) is 13.8. The summed E-state index contributed by atoms with van der Waals surface area (Å²) >= 11 is 0. The highest BCUT2D eigenvalue weighted by atomic mass is 31.2. The van der Waals surface area contributed by atoms with Gasteiger partial charge < -0.3 is 28.8 Å². The second-order valence-corrected chi connectivity index (χ2v) is 19.6. The third-order valence-electron chi connectivity index (χ3n) is 10.9. The largest absolute Gasteiger partial charge is 0.756 e. The number of aliphatic hydroxyl groups is 1. The summed E-state index contributed by atoms with van der Waals surface area (Å²) in [6, 6.07) is -0.894. The van der Waals surface area contributed by atoms with Crippen LogP contribution in [0.1, 0.15) is 206 Å². The van der Waals surface area contributed by atoms with Crippen molar-refractivity contribution in [1.82, 2.24) is 5.32 Å². The molecule has 0 aromatic carbocycles. The highest BCUT2D eigenvalue weighted by Gasteiger charge is 2.23. The van der Waals surface area contributed by atoms with Crippen molar-refractivity contribution in [2.45, 2.75) is 219 Å². The number of likely N-dealkylation sites (N-methyl/N-ethyl adjacent to an activating group) is 1. The van der Waals surface area contributed by atoms with Gasteiger partial charge in [0.25, 0.3) is 7.82 Å². The Hall–Kier alpha value is -2.06. The van der Waals surface area contributed by atoms with E-state index in [1.807, 2.05) is 27.2 Å². The lowest BCUT2D eigenvalue weighted by atomic mass is 10.0. The molecule has 3 unspecified atom stereocenters. The zero-order valence-electron chi connectivity index (χ0n) is 40.8. The molecule has 0 rings (SSSR count). The van der Waals surface area contributed by atoms with Gasteiger partial charge in [-0.15, -0.1) is 0 Å². The van der Waals surface area contributed by atoms with Crippen molar-refractivity contribution in [2.24, 2.45) is 0 Å². The Morgan fingerprint density at radius 1 is 0.565 bits per heavy atom. The number of amides is 1. The predicted molar refractivity (Wildman–Crippen MR) is 265 cm³/mol. The number of nitrogens with one attached hydrogen (secondary N) is 1. The van der Waals surface area contributed by atoms with Crippen LogP contribution in [0.2, 0.25) is 0 Å². The minimum Gasteiger partial charge on any atom is -0.756 e. The molecule has 3 atom stereocenters. The molecular formula is C53H97N2O6P. The lowest BCUT2D eigenvalue weighted by Crippen LogP contribution is -2.45. The maximum atomic E-state index is 12.9. The van der Waals surface area contributed by atoms with Gasteiger partial charge in [0, 0.05) is 6.42 Å². The molecular weight excluding hydrogens is 792 g/mol. The fourth-order valence-corrected chi connectivity index (χ4v) is 7.60. The first-order chi connectivity index (χ1) is 30.0. The van der Waals surface area contributed by atoms with Gasteiger partial charge >= 0.3 is 0 Å². The summed E-state index contributed by atoms with van der Waals surface area (Å²) in [5.41, 5.74) is 0. The Morgan fingerprint density at radius 3 is 1.39 bits per heavy atom. The molecule has 0 heterocycles. The van der Waals surface area contributed by atoms with Gasteiger partial charge in [0.1, 0.15) is 13.2 Å². The van der Waals surface area contributed by atoms with Gasteiger partial charge in [-0.1, -0.05) is 202 Å². The van der Waals surface area contributed by atoms with Crippen molar-refractivity contribution < 1.29 is 32.9 Å². The van der Waals surface area contributed by atoms with Crippen LogP contribution in [0, 0.1) is 0 Å². The van der Waals surface area contributed by atoms with E-state index < -0.39 is 20.0 Å². The Kier molecular flexibility index (Phi) is 42.7. The average Bonchev–Trinajstić information content (AvgIpc) is 3.23. The number of phosphoric ester groups is 1. The first-order valence-corrected chi connectivity index (χ1v) is 26.8. The van der Waals surface area contributed by atoms with Crippen LogP contribution in [0.5, 0.6) is 0 Å². The number of hydrogen-bond acceptors (Lipinski definition) is 6. The van der Waals surface area contributed by atoms with Gasteiger partial charge in [-0.05, 0) is 70.6 Å². The fraction of sp³-hybridized carbons (Fsp3) is 0.755. The third-order valence-corrected chi connectivity index (χ3v) is 11.9. The molecule has 0 fully saturated rings. The third kappa shape index (κ3) is 45.9. The van der Waals surface area contributed by atoms with Crippen LogP contribution >= 0.6 is 7.82 Å². The minimum absolute atomic E-state index is 0.00606. The first kappa shape index (κ1) is 59.9. The van der Waals surface area contributed by atoms with Gasteiger partial charge in [0.05, 0.1) is 39.9 Å². The van der Waals surface area contributed by atoms with Crippen molar-refractivity contribution in [3.8, 4) is 0 Å². The number of quaternary nitrogens is 1. The van der Waals surface area contributed by atoms with Gasteiger partial charge in [0.15, 0.2) is 0 Å². The molecule has 0 radical (unpaired) electrons. The van der Waals surface area contributed by atoms with E-state index in [0.29, 0.717) is 17.4 Å².